The van der Waals surface area contributed by atoms with Crippen molar-refractivity contribution in [2.75, 3.05) is 5.32 Å². The summed E-state index contributed by atoms with van der Waals surface area (Å²) in [6.45, 7) is 6.24. The maximum atomic E-state index is 13.0. The number of benzene rings is 2. The zero-order valence-corrected chi connectivity index (χ0v) is 18.5. The van der Waals surface area contributed by atoms with Gasteiger partial charge >= 0.3 is 0 Å². The number of rotatable bonds is 7. The summed E-state index contributed by atoms with van der Waals surface area (Å²) in [4.78, 5) is 0. The van der Waals surface area contributed by atoms with Crippen LogP contribution in [0.2, 0.25) is 0 Å². The van der Waals surface area contributed by atoms with Gasteiger partial charge in [0.25, 0.3) is 0 Å². The number of halogens is 1. The second-order valence-corrected chi connectivity index (χ2v) is 8.64. The van der Waals surface area contributed by atoms with E-state index in [2.05, 4.69) is 42.3 Å². The Bertz CT molecular complexity index is 785. The molecule has 0 aromatic heterocycles. The molecule has 0 saturated heterocycles. The van der Waals surface area contributed by atoms with Gasteiger partial charge in [-0.1, -0.05) is 63.8 Å². The Labute approximate surface area is 182 Å². The van der Waals surface area contributed by atoms with Crippen LogP contribution in [0.25, 0.3) is 0 Å². The van der Waals surface area contributed by atoms with Crippen LogP contribution in [-0.4, -0.2) is 6.04 Å². The lowest BCUT2D eigenvalue weighted by atomic mass is 9.89. The summed E-state index contributed by atoms with van der Waals surface area (Å²) in [5.41, 5.74) is 5.28. The average Bonchev–Trinajstić information content (AvgIpc) is 3.35. The van der Waals surface area contributed by atoms with E-state index in [-0.39, 0.29) is 5.82 Å². The third-order valence-corrected chi connectivity index (χ3v) is 6.16. The monoisotopic (exact) mass is 408 g/mol. The van der Waals surface area contributed by atoms with Crippen molar-refractivity contribution in [2.45, 2.75) is 83.6 Å². The molecule has 1 fully saturated rings. The SMILES string of the molecule is C1CCCC1.C=C(Nc1ccc(F)cc1)NC(CC)Cc1ccc2c(c1)CCCC2. The fraction of sp³-hybridized carbons (Fsp3) is 0.481. The van der Waals surface area contributed by atoms with Crippen LogP contribution < -0.4 is 10.6 Å². The van der Waals surface area contributed by atoms with Gasteiger partial charge in [-0.05, 0) is 79.5 Å². The quantitative estimate of drug-likeness (QED) is 0.508. The molecule has 0 heterocycles. The van der Waals surface area contributed by atoms with Crippen molar-refractivity contribution in [3.8, 4) is 0 Å². The van der Waals surface area contributed by atoms with E-state index < -0.39 is 0 Å². The molecule has 2 aliphatic carbocycles. The van der Waals surface area contributed by atoms with E-state index in [0.29, 0.717) is 6.04 Å². The predicted molar refractivity (Wildman–Crippen MR) is 126 cm³/mol. The normalized spacial score (nSPS) is 16.1. The number of hydrogen-bond donors (Lipinski definition) is 2. The fourth-order valence-electron chi connectivity index (χ4n) is 4.37. The van der Waals surface area contributed by atoms with Crippen LogP contribution in [-0.2, 0) is 19.3 Å². The van der Waals surface area contributed by atoms with Crippen molar-refractivity contribution in [1.82, 2.24) is 5.32 Å². The van der Waals surface area contributed by atoms with Crippen molar-refractivity contribution in [1.29, 1.82) is 0 Å². The van der Waals surface area contributed by atoms with Crippen LogP contribution in [0.15, 0.2) is 54.9 Å². The predicted octanol–water partition coefficient (Wildman–Crippen LogP) is 7.15. The largest absolute Gasteiger partial charge is 0.369 e. The standard InChI is InChI=1S/C22H27FN2.C5H10/c1-3-21(24-16(2)25-22-12-10-20(23)11-13-22)15-17-8-9-18-6-4-5-7-19(18)14-17;1-2-4-5-3-1/h8-14,21,24-25H,2-7,15H2,1H3;1-5H2. The Morgan fingerprint density at radius 1 is 0.900 bits per heavy atom. The molecule has 0 spiro atoms. The van der Waals surface area contributed by atoms with Crippen LogP contribution in [0.4, 0.5) is 10.1 Å². The minimum Gasteiger partial charge on any atom is -0.369 e. The van der Waals surface area contributed by atoms with Gasteiger partial charge in [-0.3, -0.25) is 0 Å². The molecule has 2 nitrogen and oxygen atoms in total. The molecular formula is C27H37FN2. The highest BCUT2D eigenvalue weighted by molar-refractivity contribution is 5.47. The maximum absolute atomic E-state index is 13.0. The Morgan fingerprint density at radius 2 is 1.53 bits per heavy atom. The third kappa shape index (κ3) is 7.19. The molecule has 0 aliphatic heterocycles. The molecule has 1 atom stereocenters. The molecule has 0 bridgehead atoms. The Morgan fingerprint density at radius 3 is 2.17 bits per heavy atom. The molecule has 0 radical (unpaired) electrons. The van der Waals surface area contributed by atoms with Crippen LogP contribution in [0, 0.1) is 5.82 Å². The van der Waals surface area contributed by atoms with Gasteiger partial charge in [-0.2, -0.15) is 0 Å². The highest BCUT2D eigenvalue weighted by atomic mass is 19.1. The van der Waals surface area contributed by atoms with Gasteiger partial charge in [0.2, 0.25) is 0 Å². The van der Waals surface area contributed by atoms with Crippen molar-refractivity contribution < 1.29 is 4.39 Å². The van der Waals surface area contributed by atoms with E-state index in [1.54, 1.807) is 12.1 Å². The molecule has 1 saturated carbocycles. The van der Waals surface area contributed by atoms with E-state index in [1.807, 2.05) is 0 Å². The number of aryl methyl sites for hydroxylation is 2. The summed E-state index contributed by atoms with van der Waals surface area (Å²) in [5, 5.41) is 6.66. The molecule has 4 rings (SSSR count). The van der Waals surface area contributed by atoms with Crippen LogP contribution in [0.3, 0.4) is 0 Å². The van der Waals surface area contributed by atoms with Gasteiger partial charge < -0.3 is 10.6 Å². The summed E-state index contributed by atoms with van der Waals surface area (Å²) in [5.74, 6) is 0.513. The van der Waals surface area contributed by atoms with Gasteiger partial charge in [-0.15, -0.1) is 0 Å². The van der Waals surface area contributed by atoms with Crippen LogP contribution in [0.1, 0.15) is 75.0 Å². The third-order valence-electron chi connectivity index (χ3n) is 6.16. The Balaban J connectivity index is 0.000000448. The molecular weight excluding hydrogens is 371 g/mol. The van der Waals surface area contributed by atoms with Gasteiger partial charge in [-0.25, -0.2) is 4.39 Å². The van der Waals surface area contributed by atoms with Crippen molar-refractivity contribution in [3.63, 3.8) is 0 Å². The molecule has 2 aromatic carbocycles. The lowest BCUT2D eigenvalue weighted by Gasteiger charge is -2.22. The lowest BCUT2D eigenvalue weighted by molar-refractivity contribution is 0.548. The van der Waals surface area contributed by atoms with E-state index in [1.165, 1.54) is 86.6 Å². The minimum absolute atomic E-state index is 0.233. The summed E-state index contributed by atoms with van der Waals surface area (Å²) < 4.78 is 13.0. The highest BCUT2D eigenvalue weighted by Crippen LogP contribution is 2.23. The molecule has 2 aromatic rings. The zero-order valence-electron chi connectivity index (χ0n) is 18.5. The number of nitrogens with one attached hydrogen (secondary N) is 2. The second-order valence-electron chi connectivity index (χ2n) is 8.64. The van der Waals surface area contributed by atoms with E-state index in [9.17, 15) is 4.39 Å². The summed E-state index contributed by atoms with van der Waals surface area (Å²) in [7, 11) is 0. The number of fused-ring (bicyclic) bond motifs is 1. The first-order valence-corrected chi connectivity index (χ1v) is 11.7. The Kier molecular flexibility index (Phi) is 8.80. The molecule has 0 amide bonds. The van der Waals surface area contributed by atoms with Crippen molar-refractivity contribution in [2.24, 2.45) is 0 Å². The molecule has 1 unspecified atom stereocenters. The minimum atomic E-state index is -0.233. The first-order valence-electron chi connectivity index (χ1n) is 11.7. The topological polar surface area (TPSA) is 24.1 Å². The van der Waals surface area contributed by atoms with E-state index in [4.69, 9.17) is 0 Å². The zero-order chi connectivity index (χ0) is 21.2. The first-order chi connectivity index (χ1) is 14.6. The molecule has 30 heavy (non-hydrogen) atoms. The smallest absolute Gasteiger partial charge is 0.123 e. The van der Waals surface area contributed by atoms with E-state index in [0.717, 1.165) is 24.4 Å². The maximum Gasteiger partial charge on any atom is 0.123 e. The van der Waals surface area contributed by atoms with Crippen LogP contribution in [0.5, 0.6) is 0 Å². The summed E-state index contributed by atoms with van der Waals surface area (Å²) >= 11 is 0. The van der Waals surface area contributed by atoms with E-state index >= 15 is 0 Å². The molecule has 2 aliphatic rings. The van der Waals surface area contributed by atoms with Gasteiger partial charge in [0.05, 0.1) is 5.82 Å². The number of hydrogen-bond acceptors (Lipinski definition) is 2. The highest BCUT2D eigenvalue weighted by Gasteiger charge is 2.12. The molecule has 162 valence electrons. The summed E-state index contributed by atoms with van der Waals surface area (Å²) in [6.07, 6.45) is 14.6. The van der Waals surface area contributed by atoms with Gasteiger partial charge in [0.15, 0.2) is 0 Å². The lowest BCUT2D eigenvalue weighted by Crippen LogP contribution is -2.32. The van der Waals surface area contributed by atoms with Crippen LogP contribution >= 0.6 is 0 Å². The Hall–Kier alpha value is -2.29. The number of anilines is 1. The van der Waals surface area contributed by atoms with Crippen molar-refractivity contribution in [3.05, 3.63) is 77.4 Å². The van der Waals surface area contributed by atoms with Gasteiger partial charge in [0.1, 0.15) is 5.82 Å². The summed E-state index contributed by atoms with van der Waals surface area (Å²) in [6, 6.07) is 13.6. The molecule has 3 heteroatoms. The fourth-order valence-corrected chi connectivity index (χ4v) is 4.37. The first kappa shape index (κ1) is 22.4. The average molecular weight is 409 g/mol. The van der Waals surface area contributed by atoms with Gasteiger partial charge in [0, 0.05) is 11.7 Å². The second kappa shape index (κ2) is 11.8. The molecule has 2 N–H and O–H groups in total. The van der Waals surface area contributed by atoms with Crippen molar-refractivity contribution >= 4 is 5.69 Å².